The summed E-state index contributed by atoms with van der Waals surface area (Å²) in [6.45, 7) is 3.40. The number of sulfonamides is 1. The van der Waals surface area contributed by atoms with E-state index in [1.807, 2.05) is 18.2 Å². The monoisotopic (exact) mass is 294 g/mol. The third-order valence-electron chi connectivity index (χ3n) is 4.24. The number of piperidine rings is 1. The molecule has 4 nitrogen and oxygen atoms in total. The topological polar surface area (TPSA) is 40.6 Å². The van der Waals surface area contributed by atoms with Gasteiger partial charge < -0.3 is 4.90 Å². The quantitative estimate of drug-likeness (QED) is 0.860. The number of benzene rings is 1. The van der Waals surface area contributed by atoms with E-state index in [-0.39, 0.29) is 0 Å². The molecule has 2 aliphatic heterocycles. The highest BCUT2D eigenvalue weighted by atomic mass is 32.2. The maximum atomic E-state index is 12.7. The fraction of sp³-hybridized carbons (Fsp3) is 0.600. The Bertz CT molecular complexity index is 559. The van der Waals surface area contributed by atoms with Crippen LogP contribution in [0.1, 0.15) is 32.1 Å². The van der Waals surface area contributed by atoms with E-state index in [2.05, 4.69) is 4.90 Å². The Morgan fingerprint density at radius 3 is 2.20 bits per heavy atom. The van der Waals surface area contributed by atoms with E-state index in [0.717, 1.165) is 38.0 Å². The molecule has 3 rings (SSSR count). The average molecular weight is 294 g/mol. The van der Waals surface area contributed by atoms with Gasteiger partial charge in [0.2, 0.25) is 10.0 Å². The van der Waals surface area contributed by atoms with Crippen molar-refractivity contribution < 1.29 is 8.42 Å². The number of rotatable bonds is 3. The molecule has 0 aromatic heterocycles. The molecule has 0 N–H and O–H groups in total. The second-order valence-electron chi connectivity index (χ2n) is 5.66. The lowest BCUT2D eigenvalue weighted by molar-refractivity contribution is 0.346. The normalized spacial score (nSPS) is 21.3. The zero-order valence-electron chi connectivity index (χ0n) is 11.8. The summed E-state index contributed by atoms with van der Waals surface area (Å²) in [4.78, 5) is 2.72. The van der Waals surface area contributed by atoms with Gasteiger partial charge in [-0.05, 0) is 43.9 Å². The van der Waals surface area contributed by atoms with Crippen LogP contribution in [-0.2, 0) is 10.0 Å². The van der Waals surface area contributed by atoms with Gasteiger partial charge in [-0.15, -0.1) is 0 Å². The van der Waals surface area contributed by atoms with Crippen LogP contribution < -0.4 is 4.90 Å². The summed E-state index contributed by atoms with van der Waals surface area (Å²) in [5, 5.41) is 0. The predicted molar refractivity (Wildman–Crippen MR) is 80.5 cm³/mol. The minimum Gasteiger partial charge on any atom is -0.371 e. The van der Waals surface area contributed by atoms with Crippen LogP contribution in [0.25, 0.3) is 0 Å². The fourth-order valence-electron chi connectivity index (χ4n) is 3.07. The van der Waals surface area contributed by atoms with Crippen molar-refractivity contribution in [3.8, 4) is 0 Å². The second-order valence-corrected chi connectivity index (χ2v) is 7.59. The van der Waals surface area contributed by atoms with Gasteiger partial charge in [-0.3, -0.25) is 0 Å². The lowest BCUT2D eigenvalue weighted by atomic mass is 10.2. The zero-order chi connectivity index (χ0) is 14.0. The molecule has 2 aliphatic rings. The molecule has 20 heavy (non-hydrogen) atoms. The molecule has 0 atom stereocenters. The third kappa shape index (κ3) is 2.69. The highest BCUT2D eigenvalue weighted by molar-refractivity contribution is 7.89. The molecular weight excluding hydrogens is 272 g/mol. The first kappa shape index (κ1) is 13.9. The maximum Gasteiger partial charge on any atom is 0.243 e. The second kappa shape index (κ2) is 5.74. The van der Waals surface area contributed by atoms with Crippen LogP contribution in [0.3, 0.4) is 0 Å². The standard InChI is InChI=1S/C15H22N2O2S/c18-20(19,17-11-2-1-3-12-17)15-8-6-7-14(13-15)16-9-4-5-10-16/h6-8,13H,1-5,9-12H2. The number of nitrogens with zero attached hydrogens (tertiary/aromatic N) is 2. The molecule has 0 saturated carbocycles. The Balaban J connectivity index is 1.86. The molecular formula is C15H22N2O2S. The summed E-state index contributed by atoms with van der Waals surface area (Å²) in [5.74, 6) is 0. The van der Waals surface area contributed by atoms with Crippen molar-refractivity contribution in [2.75, 3.05) is 31.1 Å². The highest BCUT2D eigenvalue weighted by Crippen LogP contribution is 2.26. The first-order valence-corrected chi connectivity index (χ1v) is 8.97. The Morgan fingerprint density at radius 2 is 1.50 bits per heavy atom. The van der Waals surface area contributed by atoms with Crippen LogP contribution in [0.15, 0.2) is 29.2 Å². The van der Waals surface area contributed by atoms with Gasteiger partial charge >= 0.3 is 0 Å². The van der Waals surface area contributed by atoms with Crippen LogP contribution >= 0.6 is 0 Å². The summed E-state index contributed by atoms with van der Waals surface area (Å²) in [7, 11) is -3.31. The zero-order valence-corrected chi connectivity index (χ0v) is 12.6. The van der Waals surface area contributed by atoms with E-state index < -0.39 is 10.0 Å². The SMILES string of the molecule is O=S(=O)(c1cccc(N2CCCC2)c1)N1CCCCC1. The van der Waals surface area contributed by atoms with Gasteiger partial charge in [0.1, 0.15) is 0 Å². The van der Waals surface area contributed by atoms with Gasteiger partial charge in [-0.25, -0.2) is 8.42 Å². The summed E-state index contributed by atoms with van der Waals surface area (Å²) in [5.41, 5.74) is 1.04. The number of hydrogen-bond acceptors (Lipinski definition) is 3. The van der Waals surface area contributed by atoms with Gasteiger partial charge in [0.15, 0.2) is 0 Å². The van der Waals surface area contributed by atoms with Crippen LogP contribution in [0.4, 0.5) is 5.69 Å². The summed E-state index contributed by atoms with van der Waals surface area (Å²) >= 11 is 0. The minimum absolute atomic E-state index is 0.448. The molecule has 2 saturated heterocycles. The van der Waals surface area contributed by atoms with Gasteiger partial charge in [0.05, 0.1) is 4.90 Å². The first-order chi connectivity index (χ1) is 9.68. The van der Waals surface area contributed by atoms with Gasteiger partial charge in [-0.1, -0.05) is 12.5 Å². The Hall–Kier alpha value is -1.07. The van der Waals surface area contributed by atoms with Gasteiger partial charge in [-0.2, -0.15) is 4.31 Å². The number of hydrogen-bond donors (Lipinski definition) is 0. The summed E-state index contributed by atoms with van der Waals surface area (Å²) in [6.07, 6.45) is 5.49. The first-order valence-electron chi connectivity index (χ1n) is 7.53. The van der Waals surface area contributed by atoms with Crippen LogP contribution in [0.2, 0.25) is 0 Å². The smallest absolute Gasteiger partial charge is 0.243 e. The van der Waals surface area contributed by atoms with Gasteiger partial charge in [0, 0.05) is 31.9 Å². The van der Waals surface area contributed by atoms with Crippen molar-refractivity contribution >= 4 is 15.7 Å². The highest BCUT2D eigenvalue weighted by Gasteiger charge is 2.26. The van der Waals surface area contributed by atoms with Crippen molar-refractivity contribution in [2.45, 2.75) is 37.0 Å². The van der Waals surface area contributed by atoms with E-state index in [1.165, 1.54) is 12.8 Å². The maximum absolute atomic E-state index is 12.7. The Kier molecular flexibility index (Phi) is 3.98. The molecule has 0 radical (unpaired) electrons. The predicted octanol–water partition coefficient (Wildman–Crippen LogP) is 2.46. The average Bonchev–Trinajstić information content (AvgIpc) is 3.03. The van der Waals surface area contributed by atoms with Crippen molar-refractivity contribution in [2.24, 2.45) is 0 Å². The molecule has 0 aliphatic carbocycles. The van der Waals surface area contributed by atoms with Gasteiger partial charge in [0.25, 0.3) is 0 Å². The van der Waals surface area contributed by atoms with Crippen molar-refractivity contribution in [1.29, 1.82) is 0 Å². The Labute approximate surface area is 121 Å². The minimum atomic E-state index is -3.31. The molecule has 0 bridgehead atoms. The number of anilines is 1. The molecule has 0 spiro atoms. The molecule has 2 heterocycles. The van der Waals surface area contributed by atoms with Crippen LogP contribution in [-0.4, -0.2) is 38.9 Å². The lowest BCUT2D eigenvalue weighted by Gasteiger charge is -2.26. The van der Waals surface area contributed by atoms with E-state index in [4.69, 9.17) is 0 Å². The van der Waals surface area contributed by atoms with Crippen molar-refractivity contribution in [3.05, 3.63) is 24.3 Å². The lowest BCUT2D eigenvalue weighted by Crippen LogP contribution is -2.35. The third-order valence-corrected chi connectivity index (χ3v) is 6.14. The largest absolute Gasteiger partial charge is 0.371 e. The molecule has 2 fully saturated rings. The van der Waals surface area contributed by atoms with E-state index in [0.29, 0.717) is 18.0 Å². The van der Waals surface area contributed by atoms with E-state index in [1.54, 1.807) is 10.4 Å². The van der Waals surface area contributed by atoms with Crippen molar-refractivity contribution in [1.82, 2.24) is 4.31 Å². The van der Waals surface area contributed by atoms with Crippen LogP contribution in [0, 0.1) is 0 Å². The van der Waals surface area contributed by atoms with Crippen molar-refractivity contribution in [3.63, 3.8) is 0 Å². The Morgan fingerprint density at radius 1 is 0.850 bits per heavy atom. The van der Waals surface area contributed by atoms with E-state index in [9.17, 15) is 8.42 Å². The molecule has 5 heteroatoms. The molecule has 0 unspecified atom stereocenters. The summed E-state index contributed by atoms with van der Waals surface area (Å²) in [6, 6.07) is 7.45. The molecule has 1 aromatic carbocycles. The summed E-state index contributed by atoms with van der Waals surface area (Å²) < 4.78 is 27.0. The van der Waals surface area contributed by atoms with Crippen LogP contribution in [0.5, 0.6) is 0 Å². The molecule has 0 amide bonds. The molecule has 110 valence electrons. The van der Waals surface area contributed by atoms with E-state index >= 15 is 0 Å². The fourth-order valence-corrected chi connectivity index (χ4v) is 4.63. The molecule has 1 aromatic rings.